The van der Waals surface area contributed by atoms with E-state index >= 15 is 0 Å². The SMILES string of the molecule is CCC1OCCC1C1CC(OC(N)=O)CCC1C(C)(C)C. The lowest BCUT2D eigenvalue weighted by Crippen LogP contribution is -2.43. The van der Waals surface area contributed by atoms with Crippen LogP contribution in [0.1, 0.15) is 59.8 Å². The number of amides is 1. The van der Waals surface area contributed by atoms with Gasteiger partial charge in [-0.3, -0.25) is 0 Å². The normalized spacial score (nSPS) is 37.4. The number of hydrogen-bond acceptors (Lipinski definition) is 3. The summed E-state index contributed by atoms with van der Waals surface area (Å²) in [5.41, 5.74) is 5.49. The second-order valence-corrected chi connectivity index (χ2v) is 7.78. The molecule has 0 spiro atoms. The monoisotopic (exact) mass is 297 g/mol. The second kappa shape index (κ2) is 6.55. The Bertz CT molecular complexity index is 364. The van der Waals surface area contributed by atoms with Gasteiger partial charge in [-0.25, -0.2) is 4.79 Å². The minimum absolute atomic E-state index is 0.00999. The van der Waals surface area contributed by atoms with Crippen LogP contribution < -0.4 is 5.73 Å². The summed E-state index contributed by atoms with van der Waals surface area (Å²) in [6, 6.07) is 0. The van der Waals surface area contributed by atoms with Gasteiger partial charge in [0.25, 0.3) is 0 Å². The van der Waals surface area contributed by atoms with Gasteiger partial charge in [-0.1, -0.05) is 27.7 Å². The first-order valence-corrected chi connectivity index (χ1v) is 8.40. The summed E-state index contributed by atoms with van der Waals surface area (Å²) in [6.07, 6.45) is 4.91. The van der Waals surface area contributed by atoms with Crippen molar-refractivity contribution in [3.8, 4) is 0 Å². The van der Waals surface area contributed by atoms with Crippen LogP contribution in [0.5, 0.6) is 0 Å². The van der Waals surface area contributed by atoms with Gasteiger partial charge in [0.15, 0.2) is 0 Å². The topological polar surface area (TPSA) is 61.6 Å². The summed E-state index contributed by atoms with van der Waals surface area (Å²) in [7, 11) is 0. The first kappa shape index (κ1) is 16.6. The number of hydrogen-bond donors (Lipinski definition) is 1. The van der Waals surface area contributed by atoms with Crippen molar-refractivity contribution in [3.05, 3.63) is 0 Å². The van der Waals surface area contributed by atoms with Gasteiger partial charge in [0.05, 0.1) is 6.10 Å². The van der Waals surface area contributed by atoms with Gasteiger partial charge in [0.1, 0.15) is 6.10 Å². The zero-order valence-corrected chi connectivity index (χ0v) is 13.9. The fraction of sp³-hybridized carbons (Fsp3) is 0.941. The second-order valence-electron chi connectivity index (χ2n) is 7.78. The Morgan fingerprint density at radius 1 is 1.24 bits per heavy atom. The van der Waals surface area contributed by atoms with Crippen LogP contribution in [0.3, 0.4) is 0 Å². The molecule has 122 valence electrons. The zero-order chi connectivity index (χ0) is 15.6. The molecule has 1 saturated heterocycles. The van der Waals surface area contributed by atoms with Gasteiger partial charge in [0.2, 0.25) is 0 Å². The number of primary amides is 1. The summed E-state index contributed by atoms with van der Waals surface area (Å²) >= 11 is 0. The van der Waals surface area contributed by atoms with Gasteiger partial charge in [-0.05, 0) is 55.3 Å². The smallest absolute Gasteiger partial charge is 0.404 e. The van der Waals surface area contributed by atoms with E-state index in [0.717, 1.165) is 38.7 Å². The molecule has 0 aromatic heterocycles. The molecule has 5 atom stereocenters. The third-order valence-electron chi connectivity index (χ3n) is 5.46. The Morgan fingerprint density at radius 2 is 1.95 bits per heavy atom. The maximum absolute atomic E-state index is 11.1. The number of rotatable bonds is 3. The van der Waals surface area contributed by atoms with Gasteiger partial charge in [-0.2, -0.15) is 0 Å². The van der Waals surface area contributed by atoms with E-state index in [0.29, 0.717) is 23.9 Å². The predicted octanol–water partition coefficient (Wildman–Crippen LogP) is 3.73. The zero-order valence-electron chi connectivity index (χ0n) is 13.9. The number of nitrogens with two attached hydrogens (primary N) is 1. The molecule has 1 amide bonds. The number of carbonyl (C=O) groups excluding carboxylic acids is 1. The third-order valence-corrected chi connectivity index (χ3v) is 5.46. The number of carbonyl (C=O) groups is 1. The van der Waals surface area contributed by atoms with E-state index in [1.165, 1.54) is 0 Å². The van der Waals surface area contributed by atoms with Crippen LogP contribution in [-0.2, 0) is 9.47 Å². The molecule has 1 saturated carbocycles. The fourth-order valence-electron chi connectivity index (χ4n) is 4.56. The molecule has 0 aromatic carbocycles. The Balaban J connectivity index is 2.14. The molecule has 0 aromatic rings. The Labute approximate surface area is 128 Å². The molecular weight excluding hydrogens is 266 g/mol. The van der Waals surface area contributed by atoms with Crippen molar-refractivity contribution < 1.29 is 14.3 Å². The standard InChI is InChI=1S/C17H31NO3/c1-5-15-12(8-9-20-15)13-10-11(21-16(18)19)6-7-14(13)17(2,3)4/h11-15H,5-10H2,1-4H3,(H2,18,19). The lowest BCUT2D eigenvalue weighted by molar-refractivity contribution is -0.0273. The van der Waals surface area contributed by atoms with Crippen molar-refractivity contribution in [1.82, 2.24) is 0 Å². The molecular formula is C17H31NO3. The predicted molar refractivity (Wildman–Crippen MR) is 82.9 cm³/mol. The highest BCUT2D eigenvalue weighted by atomic mass is 16.6. The molecule has 1 heterocycles. The van der Waals surface area contributed by atoms with E-state index in [2.05, 4.69) is 27.7 Å². The van der Waals surface area contributed by atoms with Crippen LogP contribution >= 0.6 is 0 Å². The maximum Gasteiger partial charge on any atom is 0.404 e. The Morgan fingerprint density at radius 3 is 2.52 bits per heavy atom. The summed E-state index contributed by atoms with van der Waals surface area (Å²) in [5, 5.41) is 0. The lowest BCUT2D eigenvalue weighted by Gasteiger charge is -2.46. The molecule has 0 radical (unpaired) electrons. The molecule has 2 rings (SSSR count). The van der Waals surface area contributed by atoms with Crippen molar-refractivity contribution in [1.29, 1.82) is 0 Å². The summed E-state index contributed by atoms with van der Waals surface area (Å²) in [5.74, 6) is 1.82. The molecule has 21 heavy (non-hydrogen) atoms. The van der Waals surface area contributed by atoms with Crippen LogP contribution in [0.4, 0.5) is 4.79 Å². The van der Waals surface area contributed by atoms with Crippen LogP contribution in [0.15, 0.2) is 0 Å². The molecule has 4 heteroatoms. The van der Waals surface area contributed by atoms with Gasteiger partial charge >= 0.3 is 6.09 Å². The largest absolute Gasteiger partial charge is 0.446 e. The van der Waals surface area contributed by atoms with E-state index in [-0.39, 0.29) is 11.5 Å². The summed E-state index contributed by atoms with van der Waals surface area (Å²) in [6.45, 7) is 10.1. The highest BCUT2D eigenvalue weighted by molar-refractivity contribution is 5.64. The van der Waals surface area contributed by atoms with Crippen molar-refractivity contribution >= 4 is 6.09 Å². The molecule has 5 unspecified atom stereocenters. The van der Waals surface area contributed by atoms with E-state index in [9.17, 15) is 4.79 Å². The van der Waals surface area contributed by atoms with Gasteiger partial charge in [-0.15, -0.1) is 0 Å². The van der Waals surface area contributed by atoms with Crippen LogP contribution in [0, 0.1) is 23.2 Å². The average molecular weight is 297 g/mol. The molecule has 2 fully saturated rings. The lowest BCUT2D eigenvalue weighted by atomic mass is 9.61. The van der Waals surface area contributed by atoms with E-state index in [1.807, 2.05) is 0 Å². The van der Waals surface area contributed by atoms with Crippen LogP contribution in [0.2, 0.25) is 0 Å². The highest BCUT2D eigenvalue weighted by Gasteiger charge is 2.45. The van der Waals surface area contributed by atoms with E-state index in [4.69, 9.17) is 15.2 Å². The molecule has 4 nitrogen and oxygen atoms in total. The average Bonchev–Trinajstić information content (AvgIpc) is 2.84. The van der Waals surface area contributed by atoms with Crippen molar-refractivity contribution in [2.75, 3.05) is 6.61 Å². The molecule has 1 aliphatic carbocycles. The summed E-state index contributed by atoms with van der Waals surface area (Å²) in [4.78, 5) is 11.1. The fourth-order valence-corrected chi connectivity index (χ4v) is 4.56. The van der Waals surface area contributed by atoms with Crippen molar-refractivity contribution in [2.24, 2.45) is 28.9 Å². The maximum atomic E-state index is 11.1. The Kier molecular flexibility index (Phi) is 5.18. The van der Waals surface area contributed by atoms with Crippen molar-refractivity contribution in [3.63, 3.8) is 0 Å². The van der Waals surface area contributed by atoms with E-state index in [1.54, 1.807) is 0 Å². The van der Waals surface area contributed by atoms with Crippen LogP contribution in [-0.4, -0.2) is 24.9 Å². The van der Waals surface area contributed by atoms with Gasteiger partial charge in [0, 0.05) is 6.61 Å². The summed E-state index contributed by atoms with van der Waals surface area (Å²) < 4.78 is 11.2. The van der Waals surface area contributed by atoms with Crippen LogP contribution in [0.25, 0.3) is 0 Å². The minimum atomic E-state index is -0.636. The first-order valence-electron chi connectivity index (χ1n) is 8.40. The van der Waals surface area contributed by atoms with E-state index < -0.39 is 6.09 Å². The highest BCUT2D eigenvalue weighted by Crippen LogP contribution is 2.49. The minimum Gasteiger partial charge on any atom is -0.446 e. The van der Waals surface area contributed by atoms with Crippen molar-refractivity contribution in [2.45, 2.75) is 72.0 Å². The van der Waals surface area contributed by atoms with Gasteiger partial charge < -0.3 is 15.2 Å². The quantitative estimate of drug-likeness (QED) is 0.863. The molecule has 1 aliphatic heterocycles. The first-order chi connectivity index (χ1) is 9.82. The molecule has 2 aliphatic rings. The number of ether oxygens (including phenoxy) is 2. The Hall–Kier alpha value is -0.770. The molecule has 2 N–H and O–H groups in total. The molecule has 0 bridgehead atoms. The third kappa shape index (κ3) is 3.91.